The molecule has 0 aliphatic heterocycles. The van der Waals surface area contributed by atoms with E-state index in [4.69, 9.17) is 14.6 Å². The molecule has 0 spiro atoms. The van der Waals surface area contributed by atoms with Crippen LogP contribution in [0.15, 0.2) is 56.5 Å². The van der Waals surface area contributed by atoms with Crippen molar-refractivity contribution in [2.24, 2.45) is 5.10 Å². The van der Waals surface area contributed by atoms with Gasteiger partial charge in [-0.25, -0.2) is 10.2 Å². The molecule has 0 bridgehead atoms. The van der Waals surface area contributed by atoms with Gasteiger partial charge in [0, 0.05) is 14.5 Å². The molecule has 2 aromatic carbocycles. The van der Waals surface area contributed by atoms with Crippen molar-refractivity contribution in [1.82, 2.24) is 5.43 Å². The number of hydrazone groups is 1. The molecule has 7 nitrogen and oxygen atoms in total. The minimum atomic E-state index is -1.09. The van der Waals surface area contributed by atoms with Crippen LogP contribution in [-0.4, -0.2) is 36.4 Å². The predicted octanol–water partition coefficient (Wildman–Crippen LogP) is 3.20. The van der Waals surface area contributed by atoms with E-state index in [2.05, 4.69) is 42.4 Å². The third kappa shape index (κ3) is 6.85. The topological polar surface area (TPSA) is 97.2 Å². The van der Waals surface area contributed by atoms with Crippen molar-refractivity contribution < 1.29 is 24.2 Å². The Kier molecular flexibility index (Phi) is 7.61. The predicted molar refractivity (Wildman–Crippen MR) is 103 cm³/mol. The smallest absolute Gasteiger partial charge is 0.341 e. The Morgan fingerprint density at radius 2 is 1.85 bits per heavy atom. The van der Waals surface area contributed by atoms with Crippen LogP contribution in [0.2, 0.25) is 0 Å². The lowest BCUT2D eigenvalue weighted by atomic mass is 10.2. The second-order valence-corrected chi connectivity index (χ2v) is 6.74. The Bertz CT molecular complexity index is 827. The zero-order valence-corrected chi connectivity index (χ0v) is 16.5. The summed E-state index contributed by atoms with van der Waals surface area (Å²) in [5.74, 6) is -0.646. The van der Waals surface area contributed by atoms with Crippen LogP contribution < -0.4 is 14.9 Å². The number of carbonyl (C=O) groups is 2. The molecule has 0 aliphatic rings. The van der Waals surface area contributed by atoms with Gasteiger partial charge in [0.15, 0.2) is 13.2 Å². The van der Waals surface area contributed by atoms with Crippen molar-refractivity contribution >= 4 is 50.0 Å². The fraction of sp³-hybridized carbons (Fsp3) is 0.118. The SMILES string of the molecule is O=C(O)COc1ccc(Br)cc1/C=N/NC(=O)COc1cccc(Br)c1. The zero-order valence-electron chi connectivity index (χ0n) is 13.3. The van der Waals surface area contributed by atoms with Crippen LogP contribution in [0.1, 0.15) is 5.56 Å². The minimum absolute atomic E-state index is 0.200. The average Bonchev–Trinajstić information content (AvgIpc) is 2.59. The number of halogens is 2. The average molecular weight is 486 g/mol. The number of carbonyl (C=O) groups excluding carboxylic acids is 1. The van der Waals surface area contributed by atoms with E-state index in [1.807, 2.05) is 6.07 Å². The van der Waals surface area contributed by atoms with Gasteiger partial charge in [-0.1, -0.05) is 37.9 Å². The molecular formula is C17H14Br2N2O5. The van der Waals surface area contributed by atoms with Gasteiger partial charge >= 0.3 is 5.97 Å². The van der Waals surface area contributed by atoms with Gasteiger partial charge < -0.3 is 14.6 Å². The Hall–Kier alpha value is -2.39. The van der Waals surface area contributed by atoms with Crippen molar-refractivity contribution in [2.75, 3.05) is 13.2 Å². The summed E-state index contributed by atoms with van der Waals surface area (Å²) >= 11 is 6.62. The van der Waals surface area contributed by atoms with E-state index < -0.39 is 18.5 Å². The van der Waals surface area contributed by atoms with Crippen molar-refractivity contribution in [3.05, 3.63) is 57.0 Å². The van der Waals surface area contributed by atoms with Crippen molar-refractivity contribution in [3.8, 4) is 11.5 Å². The van der Waals surface area contributed by atoms with Crippen LogP contribution >= 0.6 is 31.9 Å². The summed E-state index contributed by atoms with van der Waals surface area (Å²) in [5.41, 5.74) is 2.84. The number of ether oxygens (including phenoxy) is 2. The van der Waals surface area contributed by atoms with E-state index in [0.717, 1.165) is 8.95 Å². The monoisotopic (exact) mass is 484 g/mol. The van der Waals surface area contributed by atoms with Crippen LogP contribution in [0, 0.1) is 0 Å². The van der Waals surface area contributed by atoms with Crippen LogP contribution in [0.4, 0.5) is 0 Å². The molecule has 2 aromatic rings. The van der Waals surface area contributed by atoms with Gasteiger partial charge in [-0.15, -0.1) is 0 Å². The molecule has 0 heterocycles. The molecule has 9 heteroatoms. The van der Waals surface area contributed by atoms with E-state index in [9.17, 15) is 9.59 Å². The molecule has 1 amide bonds. The summed E-state index contributed by atoms with van der Waals surface area (Å²) in [6.07, 6.45) is 1.36. The lowest BCUT2D eigenvalue weighted by Gasteiger charge is -2.07. The summed E-state index contributed by atoms with van der Waals surface area (Å²) in [6.45, 7) is -0.677. The number of nitrogens with one attached hydrogen (secondary N) is 1. The normalized spacial score (nSPS) is 10.5. The van der Waals surface area contributed by atoms with Crippen LogP contribution in [-0.2, 0) is 9.59 Å². The first kappa shape index (κ1) is 19.9. The van der Waals surface area contributed by atoms with Gasteiger partial charge in [0.2, 0.25) is 0 Å². The lowest BCUT2D eigenvalue weighted by molar-refractivity contribution is -0.139. The lowest BCUT2D eigenvalue weighted by Crippen LogP contribution is -2.24. The maximum atomic E-state index is 11.8. The first-order chi connectivity index (χ1) is 12.4. The van der Waals surface area contributed by atoms with E-state index >= 15 is 0 Å². The second kappa shape index (κ2) is 9.93. The first-order valence-electron chi connectivity index (χ1n) is 7.28. The van der Waals surface area contributed by atoms with Gasteiger partial charge in [-0.2, -0.15) is 5.10 Å². The van der Waals surface area contributed by atoms with Gasteiger partial charge in [0.25, 0.3) is 5.91 Å². The Labute approximate surface area is 166 Å². The summed E-state index contributed by atoms with van der Waals surface area (Å²) < 4.78 is 12.1. The third-order valence-corrected chi connectivity index (χ3v) is 3.87. The van der Waals surface area contributed by atoms with Gasteiger partial charge in [-0.3, -0.25) is 4.79 Å². The number of carboxylic acid groups (broad SMARTS) is 1. The number of hydrogen-bond donors (Lipinski definition) is 2. The first-order valence-corrected chi connectivity index (χ1v) is 8.87. The molecule has 0 saturated carbocycles. The fourth-order valence-electron chi connectivity index (χ4n) is 1.80. The van der Waals surface area contributed by atoms with Crippen molar-refractivity contribution in [2.45, 2.75) is 0 Å². The molecule has 0 aliphatic carbocycles. The Morgan fingerprint density at radius 3 is 2.58 bits per heavy atom. The van der Waals surface area contributed by atoms with Gasteiger partial charge in [-0.05, 0) is 36.4 Å². The van der Waals surface area contributed by atoms with Crippen LogP contribution in [0.25, 0.3) is 0 Å². The minimum Gasteiger partial charge on any atom is -0.484 e. The molecule has 0 unspecified atom stereocenters. The zero-order chi connectivity index (χ0) is 18.9. The van der Waals surface area contributed by atoms with Crippen molar-refractivity contribution in [1.29, 1.82) is 0 Å². The molecule has 26 heavy (non-hydrogen) atoms. The number of benzene rings is 2. The summed E-state index contributed by atoms with van der Waals surface area (Å²) in [6, 6.07) is 12.1. The summed E-state index contributed by atoms with van der Waals surface area (Å²) in [5, 5.41) is 12.5. The summed E-state index contributed by atoms with van der Waals surface area (Å²) in [7, 11) is 0. The maximum absolute atomic E-state index is 11.8. The number of rotatable bonds is 8. The van der Waals surface area contributed by atoms with Gasteiger partial charge in [0.1, 0.15) is 11.5 Å². The molecule has 0 radical (unpaired) electrons. The molecule has 136 valence electrons. The number of nitrogens with zero attached hydrogens (tertiary/aromatic N) is 1. The quantitative estimate of drug-likeness (QED) is 0.442. The Morgan fingerprint density at radius 1 is 1.08 bits per heavy atom. The van der Waals surface area contributed by atoms with E-state index in [1.54, 1.807) is 36.4 Å². The number of hydrogen-bond acceptors (Lipinski definition) is 5. The van der Waals surface area contributed by atoms with E-state index in [-0.39, 0.29) is 6.61 Å². The molecule has 0 fully saturated rings. The highest BCUT2D eigenvalue weighted by molar-refractivity contribution is 9.10. The third-order valence-electron chi connectivity index (χ3n) is 2.88. The van der Waals surface area contributed by atoms with Crippen molar-refractivity contribution in [3.63, 3.8) is 0 Å². The number of carboxylic acids is 1. The highest BCUT2D eigenvalue weighted by Crippen LogP contribution is 2.22. The van der Waals surface area contributed by atoms with E-state index in [1.165, 1.54) is 6.21 Å². The molecule has 0 aromatic heterocycles. The van der Waals surface area contributed by atoms with E-state index in [0.29, 0.717) is 17.1 Å². The Balaban J connectivity index is 1.91. The summed E-state index contributed by atoms with van der Waals surface area (Å²) in [4.78, 5) is 22.4. The second-order valence-electron chi connectivity index (χ2n) is 4.90. The van der Waals surface area contributed by atoms with Gasteiger partial charge in [0.05, 0.1) is 6.21 Å². The highest BCUT2D eigenvalue weighted by Gasteiger charge is 2.06. The highest BCUT2D eigenvalue weighted by atomic mass is 79.9. The van der Waals surface area contributed by atoms with Crippen LogP contribution in [0.3, 0.4) is 0 Å². The largest absolute Gasteiger partial charge is 0.484 e. The number of amides is 1. The maximum Gasteiger partial charge on any atom is 0.341 e. The molecule has 0 saturated heterocycles. The standard InChI is InChI=1S/C17H14Br2N2O5/c18-12-2-1-3-14(7-12)25-9-16(22)21-20-8-11-6-13(19)4-5-15(11)26-10-17(23)24/h1-8H,9-10H2,(H,21,22)(H,23,24)/b20-8+. The molecule has 2 N–H and O–H groups in total. The number of aliphatic carboxylic acids is 1. The molecule has 0 atom stereocenters. The molecular weight excluding hydrogens is 472 g/mol. The van der Waals surface area contributed by atoms with Crippen LogP contribution in [0.5, 0.6) is 11.5 Å². The molecule has 2 rings (SSSR count). The fourth-order valence-corrected chi connectivity index (χ4v) is 2.56.